The van der Waals surface area contributed by atoms with Crippen LogP contribution in [0.1, 0.15) is 12.8 Å². The number of nitrogens with zero attached hydrogens (tertiary/aromatic N) is 1. The first-order valence-corrected chi connectivity index (χ1v) is 7.79. The maximum absolute atomic E-state index is 11.5. The van der Waals surface area contributed by atoms with Gasteiger partial charge in [0.25, 0.3) is 0 Å². The first-order chi connectivity index (χ1) is 8.87. The molecule has 0 atom stereocenters. The summed E-state index contributed by atoms with van der Waals surface area (Å²) < 4.78 is 35.1. The Kier molecular flexibility index (Phi) is 9.76. The number of hydrogen-bond acceptors (Lipinski definition) is 6. The smallest absolute Gasteiger partial charge is 0.305 e. The highest BCUT2D eigenvalue weighted by Gasteiger charge is 2.10. The zero-order valence-corrected chi connectivity index (χ0v) is 12.7. The number of methoxy groups -OCH3 is 1. The lowest BCUT2D eigenvalue weighted by atomic mass is 10.3. The lowest BCUT2D eigenvalue weighted by Gasteiger charge is -2.10. The van der Waals surface area contributed by atoms with Crippen molar-refractivity contribution in [3.8, 4) is 0 Å². The minimum atomic E-state index is -3.34. The Bertz CT molecular complexity index is 343. The predicted octanol–water partition coefficient (Wildman–Crippen LogP) is -0.563. The lowest BCUT2D eigenvalue weighted by molar-refractivity contribution is -0.140. The van der Waals surface area contributed by atoms with Gasteiger partial charge < -0.3 is 14.4 Å². The summed E-state index contributed by atoms with van der Waals surface area (Å²) in [6, 6.07) is 0. The summed E-state index contributed by atoms with van der Waals surface area (Å²) in [6.07, 6.45) is 0.361. The minimum absolute atomic E-state index is 0.0835. The average molecular weight is 296 g/mol. The third kappa shape index (κ3) is 12.1. The van der Waals surface area contributed by atoms with E-state index < -0.39 is 16.0 Å². The van der Waals surface area contributed by atoms with Crippen LogP contribution < -0.4 is 4.72 Å². The molecule has 0 saturated carbocycles. The molecule has 7 nitrogen and oxygen atoms in total. The van der Waals surface area contributed by atoms with Gasteiger partial charge in [0.1, 0.15) is 0 Å². The van der Waals surface area contributed by atoms with E-state index in [9.17, 15) is 13.2 Å². The number of rotatable bonds is 11. The molecule has 0 aromatic heterocycles. The second-order valence-electron chi connectivity index (χ2n) is 4.31. The number of ether oxygens (including phenoxy) is 2. The van der Waals surface area contributed by atoms with Crippen LogP contribution in [0.25, 0.3) is 0 Å². The molecule has 0 bridgehead atoms. The van der Waals surface area contributed by atoms with Crippen molar-refractivity contribution in [2.24, 2.45) is 0 Å². The highest BCUT2D eigenvalue weighted by molar-refractivity contribution is 7.89. The Balaban J connectivity index is 3.60. The van der Waals surface area contributed by atoms with Crippen molar-refractivity contribution in [2.75, 3.05) is 53.3 Å². The number of hydrogen-bond donors (Lipinski definition) is 1. The second-order valence-corrected chi connectivity index (χ2v) is 6.23. The topological polar surface area (TPSA) is 84.9 Å². The van der Waals surface area contributed by atoms with Crippen molar-refractivity contribution in [1.82, 2.24) is 9.62 Å². The van der Waals surface area contributed by atoms with Gasteiger partial charge in [-0.3, -0.25) is 4.79 Å². The van der Waals surface area contributed by atoms with E-state index in [1.165, 1.54) is 7.11 Å². The minimum Gasteiger partial charge on any atom is -0.469 e. The number of nitrogens with one attached hydrogen (secondary N) is 1. The molecule has 0 fully saturated rings. The fourth-order valence-electron chi connectivity index (χ4n) is 1.20. The normalized spacial score (nSPS) is 11.8. The fourth-order valence-corrected chi connectivity index (χ4v) is 2.26. The summed E-state index contributed by atoms with van der Waals surface area (Å²) >= 11 is 0. The maximum Gasteiger partial charge on any atom is 0.305 e. The highest BCUT2D eigenvalue weighted by atomic mass is 32.2. The zero-order valence-electron chi connectivity index (χ0n) is 11.8. The molecule has 0 aromatic carbocycles. The standard InChI is InChI=1S/C11H24N2O5S/c1-13(2)7-9-18-8-6-12-19(15,16)10-4-5-11(14)17-3/h12H,4-10H2,1-3H3. The van der Waals surface area contributed by atoms with E-state index in [0.29, 0.717) is 13.2 Å². The summed E-state index contributed by atoms with van der Waals surface area (Å²) in [6.45, 7) is 1.95. The maximum atomic E-state index is 11.5. The van der Waals surface area contributed by atoms with Crippen molar-refractivity contribution >= 4 is 16.0 Å². The molecule has 0 aliphatic carbocycles. The van der Waals surface area contributed by atoms with Crippen molar-refractivity contribution < 1.29 is 22.7 Å². The van der Waals surface area contributed by atoms with E-state index in [1.807, 2.05) is 19.0 Å². The Morgan fingerprint density at radius 2 is 1.95 bits per heavy atom. The zero-order chi connectivity index (χ0) is 14.7. The van der Waals surface area contributed by atoms with Crippen LogP contribution in [0.4, 0.5) is 0 Å². The summed E-state index contributed by atoms with van der Waals surface area (Å²) in [5.74, 6) is -0.484. The Hall–Kier alpha value is -0.700. The van der Waals surface area contributed by atoms with Crippen molar-refractivity contribution in [3.05, 3.63) is 0 Å². The van der Waals surface area contributed by atoms with Crippen molar-refractivity contribution in [3.63, 3.8) is 0 Å². The third-order valence-electron chi connectivity index (χ3n) is 2.27. The van der Waals surface area contributed by atoms with Gasteiger partial charge in [-0.25, -0.2) is 13.1 Å². The Morgan fingerprint density at radius 1 is 1.26 bits per heavy atom. The number of sulfonamides is 1. The number of carbonyl (C=O) groups excluding carboxylic acids is 1. The molecule has 8 heteroatoms. The van der Waals surface area contributed by atoms with Crippen molar-refractivity contribution in [2.45, 2.75) is 12.8 Å². The molecule has 0 rings (SSSR count). The predicted molar refractivity (Wildman–Crippen MR) is 72.4 cm³/mol. The largest absolute Gasteiger partial charge is 0.469 e. The van der Waals surface area contributed by atoms with Gasteiger partial charge in [0.05, 0.1) is 26.1 Å². The van der Waals surface area contributed by atoms with E-state index in [0.717, 1.165) is 6.54 Å². The molecule has 0 aliphatic rings. The van der Waals surface area contributed by atoms with Gasteiger partial charge in [-0.15, -0.1) is 0 Å². The van der Waals surface area contributed by atoms with Gasteiger partial charge in [0.2, 0.25) is 10.0 Å². The molecule has 19 heavy (non-hydrogen) atoms. The summed E-state index contributed by atoms with van der Waals surface area (Å²) in [4.78, 5) is 12.8. The number of esters is 1. The second kappa shape index (κ2) is 10.1. The van der Waals surface area contributed by atoms with E-state index in [1.54, 1.807) is 0 Å². The van der Waals surface area contributed by atoms with Crippen LogP contribution in [0.3, 0.4) is 0 Å². The molecule has 0 aliphatic heterocycles. The van der Waals surface area contributed by atoms with Crippen molar-refractivity contribution in [1.29, 1.82) is 0 Å². The first kappa shape index (κ1) is 18.3. The molecule has 1 N–H and O–H groups in total. The van der Waals surface area contributed by atoms with Crippen LogP contribution >= 0.6 is 0 Å². The van der Waals surface area contributed by atoms with Gasteiger partial charge in [0, 0.05) is 19.5 Å². The van der Waals surface area contributed by atoms with Crippen LogP contribution in [0.5, 0.6) is 0 Å². The number of likely N-dealkylation sites (N-methyl/N-ethyl adjacent to an activating group) is 1. The molecular formula is C11H24N2O5S. The molecule has 0 radical (unpaired) electrons. The molecule has 0 aromatic rings. The Labute approximate surface area is 115 Å². The van der Waals surface area contributed by atoms with E-state index in [-0.39, 0.29) is 25.1 Å². The van der Waals surface area contributed by atoms with Crippen LogP contribution in [0, 0.1) is 0 Å². The van der Waals surface area contributed by atoms with Crippen LogP contribution in [0.2, 0.25) is 0 Å². The van der Waals surface area contributed by atoms with Gasteiger partial charge >= 0.3 is 5.97 Å². The van der Waals surface area contributed by atoms with Crippen LogP contribution in [0.15, 0.2) is 0 Å². The fraction of sp³-hybridized carbons (Fsp3) is 0.909. The van der Waals surface area contributed by atoms with Gasteiger partial charge in [0.15, 0.2) is 0 Å². The van der Waals surface area contributed by atoms with Gasteiger partial charge in [-0.05, 0) is 20.5 Å². The monoisotopic (exact) mass is 296 g/mol. The molecule has 0 heterocycles. The molecule has 0 unspecified atom stereocenters. The van der Waals surface area contributed by atoms with Gasteiger partial charge in [-0.1, -0.05) is 0 Å². The first-order valence-electron chi connectivity index (χ1n) is 6.14. The van der Waals surface area contributed by atoms with Crippen LogP contribution in [-0.2, 0) is 24.3 Å². The SMILES string of the molecule is COC(=O)CCCS(=O)(=O)NCCOCCN(C)C. The molecule has 0 spiro atoms. The lowest BCUT2D eigenvalue weighted by Crippen LogP contribution is -2.30. The Morgan fingerprint density at radius 3 is 2.53 bits per heavy atom. The molecular weight excluding hydrogens is 272 g/mol. The third-order valence-corrected chi connectivity index (χ3v) is 3.74. The quantitative estimate of drug-likeness (QED) is 0.406. The molecule has 0 amide bonds. The van der Waals surface area contributed by atoms with E-state index in [4.69, 9.17) is 4.74 Å². The summed E-state index contributed by atoms with van der Waals surface area (Å²) in [7, 11) is 1.82. The van der Waals surface area contributed by atoms with Crippen LogP contribution in [-0.4, -0.2) is 72.5 Å². The average Bonchev–Trinajstić information content (AvgIpc) is 2.32. The van der Waals surface area contributed by atoms with E-state index >= 15 is 0 Å². The summed E-state index contributed by atoms with van der Waals surface area (Å²) in [5.41, 5.74) is 0. The van der Waals surface area contributed by atoms with Gasteiger partial charge in [-0.2, -0.15) is 0 Å². The summed E-state index contributed by atoms with van der Waals surface area (Å²) in [5, 5.41) is 0. The van der Waals surface area contributed by atoms with E-state index in [2.05, 4.69) is 9.46 Å². The number of carbonyl (C=O) groups is 1. The molecule has 0 saturated heterocycles. The molecule has 114 valence electrons. The highest BCUT2D eigenvalue weighted by Crippen LogP contribution is 1.96.